The third-order valence-electron chi connectivity index (χ3n) is 4.92. The molecule has 0 unspecified atom stereocenters. The van der Waals surface area contributed by atoms with Crippen molar-refractivity contribution in [1.29, 1.82) is 0 Å². The predicted octanol–water partition coefficient (Wildman–Crippen LogP) is 3.66. The molecule has 1 aromatic carbocycles. The van der Waals surface area contributed by atoms with E-state index in [1.165, 1.54) is 31.0 Å². The van der Waals surface area contributed by atoms with Crippen molar-refractivity contribution in [3.63, 3.8) is 0 Å². The molecule has 0 spiro atoms. The minimum atomic E-state index is -0.233. The summed E-state index contributed by atoms with van der Waals surface area (Å²) >= 11 is 1.37. The molecular weight excluding hydrogens is 348 g/mol. The fraction of sp³-hybridized carbons (Fsp3) is 0.526. The molecule has 0 radical (unpaired) electrons. The molecule has 1 heterocycles. The molecule has 0 aliphatic heterocycles. The maximum Gasteiger partial charge on any atom is 0.233 e. The lowest BCUT2D eigenvalue weighted by Crippen LogP contribution is -2.44. The van der Waals surface area contributed by atoms with E-state index in [4.69, 9.17) is 4.74 Å². The second-order valence-electron chi connectivity index (χ2n) is 6.83. The Hall–Kier alpha value is -2.02. The first kappa shape index (κ1) is 18.8. The predicted molar refractivity (Wildman–Crippen MR) is 103 cm³/mol. The summed E-state index contributed by atoms with van der Waals surface area (Å²) in [5.41, 5.74) is 0.929. The molecule has 2 aromatic rings. The first-order valence-corrected chi connectivity index (χ1v) is 9.98. The van der Waals surface area contributed by atoms with Gasteiger partial charge in [-0.3, -0.25) is 9.89 Å². The van der Waals surface area contributed by atoms with E-state index in [-0.39, 0.29) is 11.2 Å². The SMILES string of the molecule is COc1ccc(-c2nc(S[C@H](C)C(=O)N[C@@H]3CCCC[C@@H]3C)n[nH]2)cc1. The van der Waals surface area contributed by atoms with Crippen molar-refractivity contribution in [2.75, 3.05) is 7.11 Å². The molecule has 0 saturated heterocycles. The Labute approximate surface area is 158 Å². The van der Waals surface area contributed by atoms with Crippen LogP contribution in [0.4, 0.5) is 0 Å². The molecule has 1 saturated carbocycles. The highest BCUT2D eigenvalue weighted by atomic mass is 32.2. The zero-order valence-electron chi connectivity index (χ0n) is 15.5. The van der Waals surface area contributed by atoms with Crippen LogP contribution >= 0.6 is 11.8 Å². The molecule has 1 aromatic heterocycles. The lowest BCUT2D eigenvalue weighted by molar-refractivity contribution is -0.121. The summed E-state index contributed by atoms with van der Waals surface area (Å²) < 4.78 is 5.16. The smallest absolute Gasteiger partial charge is 0.233 e. The molecule has 6 nitrogen and oxygen atoms in total. The zero-order chi connectivity index (χ0) is 18.5. The molecule has 1 aliphatic carbocycles. The second-order valence-corrected chi connectivity index (χ2v) is 8.14. The van der Waals surface area contributed by atoms with Crippen molar-refractivity contribution in [2.24, 2.45) is 5.92 Å². The number of ether oxygens (including phenoxy) is 1. The lowest BCUT2D eigenvalue weighted by atomic mass is 9.86. The van der Waals surface area contributed by atoms with E-state index in [9.17, 15) is 4.79 Å². The molecule has 140 valence electrons. The molecule has 1 aliphatic rings. The van der Waals surface area contributed by atoms with Crippen LogP contribution in [0.2, 0.25) is 0 Å². The number of hydrogen-bond donors (Lipinski definition) is 2. The maximum absolute atomic E-state index is 12.5. The van der Waals surface area contributed by atoms with E-state index in [0.29, 0.717) is 22.9 Å². The number of nitrogens with zero attached hydrogens (tertiary/aromatic N) is 2. The van der Waals surface area contributed by atoms with Crippen LogP contribution in [0.3, 0.4) is 0 Å². The highest BCUT2D eigenvalue weighted by Crippen LogP contribution is 2.26. The Morgan fingerprint density at radius 1 is 1.31 bits per heavy atom. The molecule has 3 atom stereocenters. The van der Waals surface area contributed by atoms with Gasteiger partial charge in [0.1, 0.15) is 5.75 Å². The van der Waals surface area contributed by atoms with Gasteiger partial charge in [-0.25, -0.2) is 4.98 Å². The van der Waals surface area contributed by atoms with Crippen LogP contribution < -0.4 is 10.1 Å². The van der Waals surface area contributed by atoms with E-state index >= 15 is 0 Å². The van der Waals surface area contributed by atoms with Gasteiger partial charge in [0.25, 0.3) is 0 Å². The van der Waals surface area contributed by atoms with E-state index in [0.717, 1.165) is 17.7 Å². The Morgan fingerprint density at radius 2 is 2.04 bits per heavy atom. The molecule has 3 rings (SSSR count). The van der Waals surface area contributed by atoms with Gasteiger partial charge >= 0.3 is 0 Å². The standard InChI is InChI=1S/C19H26N4O2S/c1-12-6-4-5-7-16(12)20-18(24)13(2)26-19-21-17(22-23-19)14-8-10-15(25-3)11-9-14/h8-13,16H,4-7H2,1-3H3,(H,20,24)(H,21,22,23)/t12-,13+,16+/m0/s1. The molecular formula is C19H26N4O2S. The maximum atomic E-state index is 12.5. The number of aromatic amines is 1. The summed E-state index contributed by atoms with van der Waals surface area (Å²) in [5.74, 6) is 2.09. The first-order valence-electron chi connectivity index (χ1n) is 9.10. The van der Waals surface area contributed by atoms with Crippen LogP contribution in [0.1, 0.15) is 39.5 Å². The number of thioether (sulfide) groups is 1. The van der Waals surface area contributed by atoms with Gasteiger partial charge in [0.05, 0.1) is 12.4 Å². The molecule has 0 bridgehead atoms. The Kier molecular flexibility index (Phi) is 6.19. The fourth-order valence-electron chi connectivity index (χ4n) is 3.22. The van der Waals surface area contributed by atoms with Crippen molar-refractivity contribution >= 4 is 17.7 Å². The quantitative estimate of drug-likeness (QED) is 0.755. The fourth-order valence-corrected chi connectivity index (χ4v) is 3.95. The number of methoxy groups -OCH3 is 1. The van der Waals surface area contributed by atoms with Crippen LogP contribution in [0.15, 0.2) is 29.4 Å². The van der Waals surface area contributed by atoms with Gasteiger partial charge in [-0.1, -0.05) is 31.5 Å². The number of aromatic nitrogens is 3. The minimum Gasteiger partial charge on any atom is -0.497 e. The summed E-state index contributed by atoms with van der Waals surface area (Å²) in [5, 5.41) is 10.7. The number of carbonyl (C=O) groups excluding carboxylic acids is 1. The second kappa shape index (κ2) is 8.58. The highest BCUT2D eigenvalue weighted by molar-refractivity contribution is 8.00. The number of rotatable bonds is 6. The van der Waals surface area contributed by atoms with Gasteiger partial charge in [0.2, 0.25) is 11.1 Å². The third kappa shape index (κ3) is 4.58. The van der Waals surface area contributed by atoms with Crippen LogP contribution in [-0.4, -0.2) is 39.5 Å². The van der Waals surface area contributed by atoms with Gasteiger partial charge in [-0.2, -0.15) is 0 Å². The van der Waals surface area contributed by atoms with Gasteiger partial charge in [0, 0.05) is 11.6 Å². The largest absolute Gasteiger partial charge is 0.497 e. The first-order chi connectivity index (χ1) is 12.6. The van der Waals surface area contributed by atoms with Crippen LogP contribution in [0.5, 0.6) is 5.75 Å². The summed E-state index contributed by atoms with van der Waals surface area (Å²) in [4.78, 5) is 17.0. The third-order valence-corrected chi connectivity index (χ3v) is 5.88. The Morgan fingerprint density at radius 3 is 2.73 bits per heavy atom. The van der Waals surface area contributed by atoms with Crippen LogP contribution in [0.25, 0.3) is 11.4 Å². The summed E-state index contributed by atoms with van der Waals surface area (Å²) in [7, 11) is 1.64. The van der Waals surface area contributed by atoms with Gasteiger partial charge in [-0.15, -0.1) is 5.10 Å². The Balaban J connectivity index is 1.58. The molecule has 7 heteroatoms. The number of benzene rings is 1. The number of hydrogen-bond acceptors (Lipinski definition) is 5. The number of carbonyl (C=O) groups is 1. The normalized spacial score (nSPS) is 21.2. The topological polar surface area (TPSA) is 79.9 Å². The van der Waals surface area contributed by atoms with Crippen molar-refractivity contribution in [3.8, 4) is 17.1 Å². The number of nitrogens with one attached hydrogen (secondary N) is 2. The summed E-state index contributed by atoms with van der Waals surface area (Å²) in [6.45, 7) is 4.12. The average Bonchev–Trinajstić information content (AvgIpc) is 3.12. The van der Waals surface area contributed by atoms with Crippen molar-refractivity contribution in [1.82, 2.24) is 20.5 Å². The highest BCUT2D eigenvalue weighted by Gasteiger charge is 2.25. The summed E-state index contributed by atoms with van der Waals surface area (Å²) in [6, 6.07) is 7.90. The van der Waals surface area contributed by atoms with Crippen molar-refractivity contribution < 1.29 is 9.53 Å². The zero-order valence-corrected chi connectivity index (χ0v) is 16.3. The molecule has 1 fully saturated rings. The molecule has 2 N–H and O–H groups in total. The van der Waals surface area contributed by atoms with Gasteiger partial charge in [-0.05, 0) is 49.9 Å². The monoisotopic (exact) mass is 374 g/mol. The van der Waals surface area contributed by atoms with E-state index in [1.54, 1.807) is 7.11 Å². The van der Waals surface area contributed by atoms with Crippen LogP contribution in [0, 0.1) is 5.92 Å². The molecule has 1 amide bonds. The molecule has 26 heavy (non-hydrogen) atoms. The van der Waals surface area contributed by atoms with E-state index in [1.807, 2.05) is 31.2 Å². The lowest BCUT2D eigenvalue weighted by Gasteiger charge is -2.30. The van der Waals surface area contributed by atoms with E-state index in [2.05, 4.69) is 27.4 Å². The van der Waals surface area contributed by atoms with Crippen molar-refractivity contribution in [3.05, 3.63) is 24.3 Å². The van der Waals surface area contributed by atoms with Crippen LogP contribution in [-0.2, 0) is 4.79 Å². The average molecular weight is 375 g/mol. The number of H-pyrrole nitrogens is 1. The van der Waals surface area contributed by atoms with E-state index < -0.39 is 0 Å². The van der Waals surface area contributed by atoms with Gasteiger partial charge in [0.15, 0.2) is 5.82 Å². The Bertz CT molecular complexity index is 731. The van der Waals surface area contributed by atoms with Crippen molar-refractivity contribution in [2.45, 2.75) is 56.0 Å². The minimum absolute atomic E-state index is 0.0598. The summed E-state index contributed by atoms with van der Waals surface area (Å²) in [6.07, 6.45) is 4.73. The number of amides is 1. The van der Waals surface area contributed by atoms with Gasteiger partial charge < -0.3 is 10.1 Å².